The van der Waals surface area contributed by atoms with Crippen molar-refractivity contribution in [2.45, 2.75) is 22.5 Å². The highest BCUT2D eigenvalue weighted by molar-refractivity contribution is 14.0. The molecular weight excluding hydrogens is 471 g/mol. The molecule has 1 aliphatic rings. The van der Waals surface area contributed by atoms with Crippen LogP contribution in [0, 0.1) is 0 Å². The van der Waals surface area contributed by atoms with E-state index in [1.807, 2.05) is 48.2 Å². The molecule has 27 heavy (non-hydrogen) atoms. The maximum atomic E-state index is 12.0. The van der Waals surface area contributed by atoms with Gasteiger partial charge in [0.1, 0.15) is 0 Å². The van der Waals surface area contributed by atoms with Crippen LogP contribution in [0.4, 0.5) is 5.69 Å². The Balaban J connectivity index is 0.00000261. The summed E-state index contributed by atoms with van der Waals surface area (Å²) >= 11 is 1.91. The van der Waals surface area contributed by atoms with Crippen LogP contribution in [-0.2, 0) is 4.79 Å². The summed E-state index contributed by atoms with van der Waals surface area (Å²) < 4.78 is 0.227. The molecule has 0 bridgehead atoms. The summed E-state index contributed by atoms with van der Waals surface area (Å²) in [6.45, 7) is 1.000. The van der Waals surface area contributed by atoms with Gasteiger partial charge in [-0.1, -0.05) is 36.4 Å². The standard InChI is InChI=1S/C20H24N4OS.HI/c1-21-19(22-14-18(25)24-16-8-4-2-5-9-16)23-15-20(12-13-20)26-17-10-6-3-7-11-17;/h2-11H,12-15H2,1H3,(H,24,25)(H2,21,22,23);1H. The van der Waals surface area contributed by atoms with E-state index in [0.717, 1.165) is 12.2 Å². The molecule has 0 saturated heterocycles. The van der Waals surface area contributed by atoms with Crippen LogP contribution in [-0.4, -0.2) is 36.8 Å². The smallest absolute Gasteiger partial charge is 0.243 e. The number of nitrogens with zero attached hydrogens (tertiary/aromatic N) is 1. The molecule has 7 heteroatoms. The van der Waals surface area contributed by atoms with E-state index >= 15 is 0 Å². The molecule has 0 atom stereocenters. The third-order valence-electron chi connectivity index (χ3n) is 4.16. The van der Waals surface area contributed by atoms with Crippen LogP contribution in [0.1, 0.15) is 12.8 Å². The fourth-order valence-corrected chi connectivity index (χ4v) is 3.79. The fraction of sp³-hybridized carbons (Fsp3) is 0.300. The van der Waals surface area contributed by atoms with Crippen LogP contribution in [0.2, 0.25) is 0 Å². The number of para-hydroxylation sites is 1. The van der Waals surface area contributed by atoms with Gasteiger partial charge in [0.2, 0.25) is 5.91 Å². The summed E-state index contributed by atoms with van der Waals surface area (Å²) in [5, 5.41) is 9.27. The molecule has 2 aromatic rings. The number of thioether (sulfide) groups is 1. The zero-order chi connectivity index (χ0) is 18.2. The van der Waals surface area contributed by atoms with Gasteiger partial charge in [-0.2, -0.15) is 0 Å². The average Bonchev–Trinajstić information content (AvgIpc) is 3.43. The largest absolute Gasteiger partial charge is 0.355 e. The number of halogens is 1. The molecule has 0 heterocycles. The molecule has 2 aromatic carbocycles. The van der Waals surface area contributed by atoms with E-state index in [2.05, 4.69) is 45.2 Å². The van der Waals surface area contributed by atoms with E-state index in [1.165, 1.54) is 17.7 Å². The monoisotopic (exact) mass is 496 g/mol. The normalized spacial score (nSPS) is 14.6. The molecule has 0 radical (unpaired) electrons. The Morgan fingerprint density at radius 1 is 1.04 bits per heavy atom. The van der Waals surface area contributed by atoms with Crippen LogP contribution in [0.5, 0.6) is 0 Å². The Hall–Kier alpha value is -1.74. The lowest BCUT2D eigenvalue weighted by Gasteiger charge is -2.18. The van der Waals surface area contributed by atoms with Crippen molar-refractivity contribution < 1.29 is 4.79 Å². The molecule has 0 aromatic heterocycles. The molecule has 1 saturated carbocycles. The highest BCUT2D eigenvalue weighted by Gasteiger charge is 2.43. The minimum atomic E-state index is -0.0982. The molecule has 5 nitrogen and oxygen atoms in total. The second-order valence-corrected chi connectivity index (χ2v) is 7.83. The lowest BCUT2D eigenvalue weighted by atomic mass is 10.3. The first-order valence-electron chi connectivity index (χ1n) is 8.73. The second kappa shape index (κ2) is 10.6. The van der Waals surface area contributed by atoms with Crippen molar-refractivity contribution in [1.29, 1.82) is 0 Å². The molecule has 0 aliphatic heterocycles. The molecule has 1 aliphatic carbocycles. The quantitative estimate of drug-likeness (QED) is 0.311. The number of nitrogens with one attached hydrogen (secondary N) is 3. The van der Waals surface area contributed by atoms with Crippen molar-refractivity contribution in [2.75, 3.05) is 25.5 Å². The Morgan fingerprint density at radius 3 is 2.26 bits per heavy atom. The molecule has 3 rings (SSSR count). The van der Waals surface area contributed by atoms with Gasteiger partial charge in [-0.05, 0) is 37.1 Å². The maximum Gasteiger partial charge on any atom is 0.243 e. The van der Waals surface area contributed by atoms with Gasteiger partial charge in [-0.3, -0.25) is 9.79 Å². The highest BCUT2D eigenvalue weighted by atomic mass is 127. The van der Waals surface area contributed by atoms with E-state index < -0.39 is 0 Å². The number of aliphatic imine (C=N–C) groups is 1. The van der Waals surface area contributed by atoms with E-state index in [9.17, 15) is 4.79 Å². The number of carbonyl (C=O) groups is 1. The number of amides is 1. The van der Waals surface area contributed by atoms with Crippen molar-refractivity contribution in [2.24, 2.45) is 4.99 Å². The summed E-state index contributed by atoms with van der Waals surface area (Å²) in [5.74, 6) is 0.548. The van der Waals surface area contributed by atoms with Gasteiger partial charge in [0.15, 0.2) is 5.96 Å². The lowest BCUT2D eigenvalue weighted by molar-refractivity contribution is -0.115. The molecule has 1 fully saturated rings. The van der Waals surface area contributed by atoms with E-state index in [1.54, 1.807) is 7.05 Å². The summed E-state index contributed by atoms with van der Waals surface area (Å²) in [6.07, 6.45) is 2.37. The number of anilines is 1. The number of carbonyl (C=O) groups excluding carboxylic acids is 1. The van der Waals surface area contributed by atoms with E-state index in [4.69, 9.17) is 0 Å². The zero-order valence-corrected chi connectivity index (χ0v) is 18.4. The third-order valence-corrected chi connectivity index (χ3v) is 5.65. The SMILES string of the molecule is CN=C(NCC(=O)Nc1ccccc1)NCC1(Sc2ccccc2)CC1.I. The number of benzene rings is 2. The van der Waals surface area contributed by atoms with Gasteiger partial charge in [-0.15, -0.1) is 35.7 Å². The van der Waals surface area contributed by atoms with Crippen LogP contribution in [0.25, 0.3) is 0 Å². The van der Waals surface area contributed by atoms with Crippen molar-refractivity contribution in [3.8, 4) is 0 Å². The average molecular weight is 496 g/mol. The van der Waals surface area contributed by atoms with Gasteiger partial charge in [0.05, 0.1) is 6.54 Å². The molecule has 0 unspecified atom stereocenters. The maximum absolute atomic E-state index is 12.0. The van der Waals surface area contributed by atoms with Gasteiger partial charge in [0.25, 0.3) is 0 Å². The van der Waals surface area contributed by atoms with Crippen molar-refractivity contribution in [3.63, 3.8) is 0 Å². The Morgan fingerprint density at radius 2 is 1.67 bits per heavy atom. The molecule has 144 valence electrons. The Bertz CT molecular complexity index is 751. The summed E-state index contributed by atoms with van der Waals surface area (Å²) in [5.41, 5.74) is 0.790. The Kier molecular flexibility index (Phi) is 8.43. The summed E-state index contributed by atoms with van der Waals surface area (Å²) in [7, 11) is 1.72. The highest BCUT2D eigenvalue weighted by Crippen LogP contribution is 2.51. The minimum absolute atomic E-state index is 0. The topological polar surface area (TPSA) is 65.5 Å². The van der Waals surface area contributed by atoms with E-state index in [0.29, 0.717) is 5.96 Å². The lowest BCUT2D eigenvalue weighted by Crippen LogP contribution is -2.44. The summed E-state index contributed by atoms with van der Waals surface area (Å²) in [4.78, 5) is 17.5. The first kappa shape index (κ1) is 21.6. The number of hydrogen-bond acceptors (Lipinski definition) is 3. The number of hydrogen-bond donors (Lipinski definition) is 3. The molecule has 1 amide bonds. The van der Waals surface area contributed by atoms with Gasteiger partial charge in [-0.25, -0.2) is 0 Å². The first-order chi connectivity index (χ1) is 12.7. The van der Waals surface area contributed by atoms with Crippen LogP contribution in [0.3, 0.4) is 0 Å². The second-order valence-electron chi connectivity index (χ2n) is 6.29. The third kappa shape index (κ3) is 7.06. The van der Waals surface area contributed by atoms with Crippen molar-refractivity contribution in [3.05, 3.63) is 60.7 Å². The fourth-order valence-electron chi connectivity index (χ4n) is 2.55. The van der Waals surface area contributed by atoms with Crippen molar-refractivity contribution in [1.82, 2.24) is 10.6 Å². The van der Waals surface area contributed by atoms with Gasteiger partial charge in [0, 0.05) is 28.9 Å². The summed E-state index contributed by atoms with van der Waals surface area (Å²) in [6, 6.07) is 19.9. The van der Waals surface area contributed by atoms with Crippen molar-refractivity contribution >= 4 is 53.3 Å². The number of guanidine groups is 1. The number of rotatable bonds is 7. The van der Waals surface area contributed by atoms with E-state index in [-0.39, 0.29) is 41.2 Å². The minimum Gasteiger partial charge on any atom is -0.355 e. The predicted molar refractivity (Wildman–Crippen MR) is 124 cm³/mol. The van der Waals surface area contributed by atoms with Crippen LogP contribution >= 0.6 is 35.7 Å². The zero-order valence-electron chi connectivity index (χ0n) is 15.3. The molecule has 3 N–H and O–H groups in total. The molecule has 0 spiro atoms. The molecular formula is C20H25IN4OS. The van der Waals surface area contributed by atoms with Crippen LogP contribution in [0.15, 0.2) is 70.6 Å². The van der Waals surface area contributed by atoms with Gasteiger partial charge >= 0.3 is 0 Å². The Labute approximate surface area is 181 Å². The predicted octanol–water partition coefficient (Wildman–Crippen LogP) is 3.73. The van der Waals surface area contributed by atoms with Crippen LogP contribution < -0.4 is 16.0 Å². The first-order valence-corrected chi connectivity index (χ1v) is 9.54. The van der Waals surface area contributed by atoms with Gasteiger partial charge < -0.3 is 16.0 Å².